The number of benzene rings is 1. The molecule has 4 N–H and O–H groups in total. The number of nitrogens with zero attached hydrogens (tertiary/aromatic N) is 2. The van der Waals surface area contributed by atoms with E-state index in [0.717, 1.165) is 42.1 Å². The van der Waals surface area contributed by atoms with E-state index in [4.69, 9.17) is 9.83 Å². The molecule has 0 radical (unpaired) electrons. The van der Waals surface area contributed by atoms with Crippen molar-refractivity contribution in [2.75, 3.05) is 11.9 Å². The van der Waals surface area contributed by atoms with E-state index in [1.807, 2.05) is 25.1 Å². The zero-order valence-electron chi connectivity index (χ0n) is 21.2. The van der Waals surface area contributed by atoms with Crippen molar-refractivity contribution < 1.29 is 9.21 Å². The van der Waals surface area contributed by atoms with Gasteiger partial charge in [0.15, 0.2) is 11.6 Å². The van der Waals surface area contributed by atoms with E-state index in [1.165, 1.54) is 0 Å². The van der Waals surface area contributed by atoms with Crippen LogP contribution in [0.2, 0.25) is 0 Å². The Morgan fingerprint density at radius 2 is 1.83 bits per heavy atom. The van der Waals surface area contributed by atoms with Crippen LogP contribution in [-0.2, 0) is 0 Å². The topological polar surface area (TPSA) is 116 Å². The summed E-state index contributed by atoms with van der Waals surface area (Å²) >= 11 is 0. The third kappa shape index (κ3) is 7.34. The van der Waals surface area contributed by atoms with Gasteiger partial charge in [-0.1, -0.05) is 45.2 Å². The van der Waals surface area contributed by atoms with Gasteiger partial charge in [0.05, 0.1) is 11.8 Å². The van der Waals surface area contributed by atoms with Crippen molar-refractivity contribution in [1.29, 1.82) is 5.41 Å². The van der Waals surface area contributed by atoms with Crippen LogP contribution >= 0.6 is 24.8 Å². The van der Waals surface area contributed by atoms with Crippen LogP contribution in [0.3, 0.4) is 0 Å². The molecule has 2 heterocycles. The molecule has 3 aromatic rings. The first-order valence-electron chi connectivity index (χ1n) is 11.9. The van der Waals surface area contributed by atoms with Gasteiger partial charge >= 0.3 is 0 Å². The Morgan fingerprint density at radius 1 is 1.11 bits per heavy atom. The van der Waals surface area contributed by atoms with E-state index in [-0.39, 0.29) is 59.9 Å². The smallest absolute Gasteiger partial charge is 0.289 e. The van der Waals surface area contributed by atoms with Gasteiger partial charge in [-0.15, -0.1) is 24.8 Å². The third-order valence-electron chi connectivity index (χ3n) is 6.02. The van der Waals surface area contributed by atoms with Gasteiger partial charge < -0.3 is 20.4 Å². The van der Waals surface area contributed by atoms with Gasteiger partial charge in [0, 0.05) is 24.0 Å². The molecule has 2 atom stereocenters. The summed E-state index contributed by atoms with van der Waals surface area (Å²) in [6, 6.07) is 9.62. The summed E-state index contributed by atoms with van der Waals surface area (Å²) in [5, 5.41) is 19.2. The Morgan fingerprint density at radius 3 is 2.50 bits per heavy atom. The number of amidine groups is 1. The van der Waals surface area contributed by atoms with E-state index in [0.29, 0.717) is 18.1 Å². The van der Waals surface area contributed by atoms with Crippen LogP contribution in [0.25, 0.3) is 10.9 Å². The Bertz CT molecular complexity index is 1180. The highest BCUT2D eigenvalue weighted by Crippen LogP contribution is 2.27. The Kier molecular flexibility index (Phi) is 10.1. The summed E-state index contributed by atoms with van der Waals surface area (Å²) in [7, 11) is 0. The number of amides is 1. The molecule has 0 spiro atoms. The number of aryl methyl sites for hydroxylation is 1. The molecule has 0 bridgehead atoms. The van der Waals surface area contributed by atoms with E-state index in [9.17, 15) is 4.79 Å². The fraction of sp³-hybridized carbons (Fsp3) is 0.462. The second-order valence-electron chi connectivity index (χ2n) is 10.3. The highest BCUT2D eigenvalue weighted by atomic mass is 35.5. The molecule has 2 aromatic heterocycles. The summed E-state index contributed by atoms with van der Waals surface area (Å²) in [4.78, 5) is 22.1. The molecule has 0 saturated heterocycles. The number of carbonyl (C=O) groups excluding carboxylic acids is 1. The Balaban J connectivity index is 0.00000228. The maximum absolute atomic E-state index is 12.9. The summed E-state index contributed by atoms with van der Waals surface area (Å²) in [5.41, 5.74) is 1.79. The summed E-state index contributed by atoms with van der Waals surface area (Å²) in [5.74, 6) is 1.32. The van der Waals surface area contributed by atoms with Crippen LogP contribution in [0.1, 0.15) is 68.4 Å². The normalized spacial score (nSPS) is 17.4. The van der Waals surface area contributed by atoms with Crippen LogP contribution in [-0.4, -0.2) is 40.3 Å². The molecule has 196 valence electrons. The number of fused-ring (bicyclic) bond motifs is 1. The van der Waals surface area contributed by atoms with Gasteiger partial charge in [0.2, 0.25) is 5.82 Å². The second kappa shape index (κ2) is 12.4. The lowest BCUT2D eigenvalue weighted by Crippen LogP contribution is -2.48. The second-order valence-corrected chi connectivity index (χ2v) is 10.3. The van der Waals surface area contributed by atoms with Crippen molar-refractivity contribution in [1.82, 2.24) is 20.6 Å². The fourth-order valence-electron chi connectivity index (χ4n) is 4.21. The number of rotatable bonds is 6. The SMILES string of the molecule is Cc1ccc2nc(C(=O)NCC(C)(C)C)nc(N[C@H]3CCCC[C@H]3NC(=N)c3ccco3)c2c1.Cl.Cl. The van der Waals surface area contributed by atoms with Crippen LogP contribution in [0.4, 0.5) is 5.82 Å². The summed E-state index contributed by atoms with van der Waals surface area (Å²) in [6.45, 7) is 8.78. The van der Waals surface area contributed by atoms with Gasteiger partial charge in [-0.2, -0.15) is 0 Å². The van der Waals surface area contributed by atoms with Crippen molar-refractivity contribution >= 4 is 53.3 Å². The average Bonchev–Trinajstić information content (AvgIpc) is 3.33. The molecule has 4 rings (SSSR count). The molecule has 1 aliphatic rings. The largest absolute Gasteiger partial charge is 0.461 e. The number of aromatic nitrogens is 2. The summed E-state index contributed by atoms with van der Waals surface area (Å²) < 4.78 is 5.38. The number of hydrogen-bond donors (Lipinski definition) is 4. The molecule has 1 amide bonds. The number of anilines is 1. The van der Waals surface area contributed by atoms with Gasteiger partial charge in [0.25, 0.3) is 5.91 Å². The first-order valence-corrected chi connectivity index (χ1v) is 11.9. The highest BCUT2D eigenvalue weighted by molar-refractivity contribution is 5.97. The van der Waals surface area contributed by atoms with Gasteiger partial charge in [-0.05, 0) is 49.4 Å². The van der Waals surface area contributed by atoms with Gasteiger partial charge in [-0.25, -0.2) is 9.97 Å². The standard InChI is InChI=1S/C26H34N6O2.2ClH/c1-16-11-12-18-17(14-16)23(32-24(30-18)25(33)28-15-26(2,3)4)31-20-9-6-5-8-19(20)29-22(27)21-10-7-13-34-21;;/h7,10-14,19-20H,5-6,8-9,15H2,1-4H3,(H2,27,29)(H,28,33)(H,30,31,32);2*1H/t19-,20+;;/m1../s1. The average molecular weight is 536 g/mol. The van der Waals surface area contributed by atoms with Crippen molar-refractivity contribution in [2.45, 2.75) is 65.5 Å². The van der Waals surface area contributed by atoms with Crippen LogP contribution in [0.5, 0.6) is 0 Å². The molecule has 1 saturated carbocycles. The fourth-order valence-corrected chi connectivity index (χ4v) is 4.21. The lowest BCUT2D eigenvalue weighted by Gasteiger charge is -2.34. The quantitative estimate of drug-likeness (QED) is 0.245. The molecule has 10 heteroatoms. The molecular weight excluding hydrogens is 499 g/mol. The molecule has 1 fully saturated rings. The Labute approximate surface area is 224 Å². The highest BCUT2D eigenvalue weighted by Gasteiger charge is 2.28. The first kappa shape index (κ1) is 29.4. The third-order valence-corrected chi connectivity index (χ3v) is 6.02. The minimum atomic E-state index is -0.279. The molecule has 1 aromatic carbocycles. The van der Waals surface area contributed by atoms with Gasteiger partial charge in [-0.3, -0.25) is 10.2 Å². The monoisotopic (exact) mass is 534 g/mol. The van der Waals surface area contributed by atoms with Crippen LogP contribution < -0.4 is 16.0 Å². The molecule has 8 nitrogen and oxygen atoms in total. The number of carbonyl (C=O) groups is 1. The minimum absolute atomic E-state index is 0. The van der Waals surface area contributed by atoms with E-state index >= 15 is 0 Å². The molecule has 36 heavy (non-hydrogen) atoms. The van der Waals surface area contributed by atoms with Crippen molar-refractivity contribution in [3.05, 3.63) is 53.7 Å². The lowest BCUT2D eigenvalue weighted by molar-refractivity contribution is 0.0929. The van der Waals surface area contributed by atoms with E-state index in [2.05, 4.69) is 46.7 Å². The number of furan rings is 1. The minimum Gasteiger partial charge on any atom is -0.461 e. The maximum Gasteiger partial charge on any atom is 0.289 e. The lowest BCUT2D eigenvalue weighted by atomic mass is 9.90. The van der Waals surface area contributed by atoms with Crippen LogP contribution in [0, 0.1) is 17.7 Å². The Hall–Kier alpha value is -2.84. The predicted molar refractivity (Wildman–Crippen MR) is 149 cm³/mol. The van der Waals surface area contributed by atoms with Crippen LogP contribution in [0.15, 0.2) is 41.0 Å². The first-order chi connectivity index (χ1) is 16.2. The van der Waals surface area contributed by atoms with Crippen molar-refractivity contribution in [2.24, 2.45) is 5.41 Å². The maximum atomic E-state index is 12.9. The zero-order chi connectivity index (χ0) is 24.3. The molecular formula is C26H36Cl2N6O2. The van der Waals surface area contributed by atoms with Crippen molar-refractivity contribution in [3.8, 4) is 0 Å². The number of nitrogens with one attached hydrogen (secondary N) is 4. The predicted octanol–water partition coefficient (Wildman–Crippen LogP) is 5.49. The molecule has 0 aliphatic heterocycles. The number of hydrogen-bond acceptors (Lipinski definition) is 6. The zero-order valence-corrected chi connectivity index (χ0v) is 22.8. The van der Waals surface area contributed by atoms with Gasteiger partial charge in [0.1, 0.15) is 5.82 Å². The van der Waals surface area contributed by atoms with E-state index < -0.39 is 0 Å². The summed E-state index contributed by atoms with van der Waals surface area (Å²) in [6.07, 6.45) is 5.62. The molecule has 1 aliphatic carbocycles. The number of halogens is 2. The van der Waals surface area contributed by atoms with Crippen molar-refractivity contribution in [3.63, 3.8) is 0 Å². The molecule has 0 unspecified atom stereocenters. The van der Waals surface area contributed by atoms with E-state index in [1.54, 1.807) is 18.4 Å².